The van der Waals surface area contributed by atoms with Gasteiger partial charge >= 0.3 is 0 Å². The van der Waals surface area contributed by atoms with Gasteiger partial charge in [-0.05, 0) is 45.0 Å². The molecule has 2 rings (SSSR count). The maximum Gasteiger partial charge on any atom is 0.274 e. The topological polar surface area (TPSA) is 83.6 Å². The smallest absolute Gasteiger partial charge is 0.274 e. The highest BCUT2D eigenvalue weighted by atomic mass is 32.2. The van der Waals surface area contributed by atoms with E-state index in [-0.39, 0.29) is 0 Å². The summed E-state index contributed by atoms with van der Waals surface area (Å²) in [6.07, 6.45) is 3.44. The maximum atomic E-state index is 10.7. The lowest BCUT2D eigenvalue weighted by Gasteiger charge is -2.10. The molecule has 24 heavy (non-hydrogen) atoms. The first-order valence-electron chi connectivity index (χ1n) is 8.16. The molecular formula is C16H26N4O3S. The summed E-state index contributed by atoms with van der Waals surface area (Å²) in [5.74, 6) is 4.76. The van der Waals surface area contributed by atoms with Crippen molar-refractivity contribution in [3.8, 4) is 0 Å². The van der Waals surface area contributed by atoms with E-state index < -0.39 is 4.92 Å². The number of nitrogens with one attached hydrogen (secondary N) is 2. The molecule has 2 N–H and O–H groups in total. The molecule has 7 nitrogen and oxygen atoms in total. The minimum absolute atomic E-state index is 0.426. The maximum absolute atomic E-state index is 10.7. The predicted octanol–water partition coefficient (Wildman–Crippen LogP) is 2.24. The highest BCUT2D eigenvalue weighted by molar-refractivity contribution is 7.98. The molecule has 1 aromatic heterocycles. The van der Waals surface area contributed by atoms with E-state index in [4.69, 9.17) is 4.42 Å². The molecular weight excluding hydrogens is 328 g/mol. The Morgan fingerprint density at radius 2 is 2.17 bits per heavy atom. The second-order valence-electron chi connectivity index (χ2n) is 6.24. The largest absolute Gasteiger partial charge is 0.464 e. The van der Waals surface area contributed by atoms with Gasteiger partial charge in [-0.25, -0.2) is 0 Å². The lowest BCUT2D eigenvalue weighted by atomic mass is 10.4. The zero-order chi connectivity index (χ0) is 17.4. The van der Waals surface area contributed by atoms with E-state index in [0.717, 1.165) is 42.3 Å². The van der Waals surface area contributed by atoms with Crippen molar-refractivity contribution >= 4 is 11.8 Å². The van der Waals surface area contributed by atoms with Crippen molar-refractivity contribution in [2.45, 2.75) is 25.1 Å². The Kier molecular flexibility index (Phi) is 7.45. The summed E-state index contributed by atoms with van der Waals surface area (Å²) in [6.45, 7) is 2.28. The Balaban J connectivity index is 1.63. The minimum Gasteiger partial charge on any atom is -0.464 e. The molecule has 8 heteroatoms. The molecule has 1 heterocycles. The summed E-state index contributed by atoms with van der Waals surface area (Å²) in [7, 11) is 4.02. The average Bonchev–Trinajstić information content (AvgIpc) is 3.23. The zero-order valence-electron chi connectivity index (χ0n) is 14.3. The molecule has 134 valence electrons. The number of hydrogen-bond donors (Lipinski definition) is 2. The number of nitrogens with zero attached hydrogens (tertiary/aromatic N) is 2. The lowest BCUT2D eigenvalue weighted by Crippen LogP contribution is -2.30. The summed E-state index contributed by atoms with van der Waals surface area (Å²) in [6, 6.07) is 4.02. The van der Waals surface area contributed by atoms with Gasteiger partial charge in [0.1, 0.15) is 11.5 Å². The SMILES string of the molecule is CN(C)Cc1ccc(CSCCN/C(=C/[N+](=O)[O-])NCC2CC2)o1. The number of hydrogen-bond acceptors (Lipinski definition) is 7. The molecule has 0 radical (unpaired) electrons. The van der Waals surface area contributed by atoms with Crippen LogP contribution in [0.2, 0.25) is 0 Å². The van der Waals surface area contributed by atoms with Crippen LogP contribution in [-0.2, 0) is 12.3 Å². The quantitative estimate of drug-likeness (QED) is 0.338. The second kappa shape index (κ2) is 9.58. The summed E-state index contributed by atoms with van der Waals surface area (Å²) in [4.78, 5) is 12.3. The molecule has 1 saturated carbocycles. The number of thioether (sulfide) groups is 1. The number of rotatable bonds is 12. The van der Waals surface area contributed by atoms with E-state index in [1.54, 1.807) is 11.8 Å². The standard InChI is InChI=1S/C16H26N4O3S/c1-19(2)10-14-5-6-15(23-14)12-24-8-7-17-16(11-20(21)22)18-9-13-3-4-13/h5-6,11,13,17-18H,3-4,7-10,12H2,1-2H3/b16-11-. The van der Waals surface area contributed by atoms with Crippen molar-refractivity contribution in [2.24, 2.45) is 5.92 Å². The minimum atomic E-state index is -0.426. The van der Waals surface area contributed by atoms with Gasteiger partial charge in [-0.1, -0.05) is 0 Å². The summed E-state index contributed by atoms with van der Waals surface area (Å²) in [5.41, 5.74) is 0. The molecule has 1 aliphatic carbocycles. The van der Waals surface area contributed by atoms with Gasteiger partial charge in [0.2, 0.25) is 0 Å². The summed E-state index contributed by atoms with van der Waals surface area (Å²) in [5, 5.41) is 16.9. The van der Waals surface area contributed by atoms with Crippen LogP contribution in [0, 0.1) is 16.0 Å². The van der Waals surface area contributed by atoms with Crippen LogP contribution < -0.4 is 10.6 Å². The Morgan fingerprint density at radius 1 is 1.42 bits per heavy atom. The summed E-state index contributed by atoms with van der Waals surface area (Å²) >= 11 is 1.74. The van der Waals surface area contributed by atoms with Crippen LogP contribution in [0.1, 0.15) is 24.4 Å². The zero-order valence-corrected chi connectivity index (χ0v) is 15.1. The Hall–Kier alpha value is -1.67. The summed E-state index contributed by atoms with van der Waals surface area (Å²) < 4.78 is 5.75. The lowest BCUT2D eigenvalue weighted by molar-refractivity contribution is -0.404. The molecule has 0 atom stereocenters. The van der Waals surface area contributed by atoms with E-state index in [1.165, 1.54) is 12.8 Å². The van der Waals surface area contributed by atoms with Gasteiger partial charge in [-0.15, -0.1) is 0 Å². The highest BCUT2D eigenvalue weighted by Crippen LogP contribution is 2.27. The van der Waals surface area contributed by atoms with Crippen LogP contribution in [0.4, 0.5) is 0 Å². The van der Waals surface area contributed by atoms with Gasteiger partial charge in [-0.3, -0.25) is 10.1 Å². The first-order valence-corrected chi connectivity index (χ1v) is 9.31. The number of nitro groups is 1. The van der Waals surface area contributed by atoms with Gasteiger partial charge in [0.25, 0.3) is 6.20 Å². The third kappa shape index (κ3) is 7.74. The molecule has 0 aromatic carbocycles. The molecule has 0 unspecified atom stereocenters. The fraction of sp³-hybridized carbons (Fsp3) is 0.625. The van der Waals surface area contributed by atoms with Crippen LogP contribution in [0.25, 0.3) is 0 Å². The average molecular weight is 354 g/mol. The van der Waals surface area contributed by atoms with E-state index in [2.05, 4.69) is 15.5 Å². The van der Waals surface area contributed by atoms with Crippen LogP contribution in [0.15, 0.2) is 28.6 Å². The van der Waals surface area contributed by atoms with Crippen LogP contribution in [-0.4, -0.2) is 42.8 Å². The Bertz CT molecular complexity index is 555. The van der Waals surface area contributed by atoms with E-state index in [9.17, 15) is 10.1 Å². The van der Waals surface area contributed by atoms with Gasteiger partial charge in [0, 0.05) is 18.8 Å². The van der Waals surface area contributed by atoms with Gasteiger partial charge in [0.05, 0.1) is 17.2 Å². The molecule has 0 amide bonds. The van der Waals surface area contributed by atoms with Crippen LogP contribution in [0.3, 0.4) is 0 Å². The molecule has 0 bridgehead atoms. The van der Waals surface area contributed by atoms with Crippen LogP contribution in [0.5, 0.6) is 0 Å². The molecule has 1 aromatic rings. The third-order valence-corrected chi connectivity index (χ3v) is 4.49. The number of furan rings is 1. The van der Waals surface area contributed by atoms with Crippen molar-refractivity contribution in [2.75, 3.05) is 32.9 Å². The molecule has 1 fully saturated rings. The van der Waals surface area contributed by atoms with E-state index in [1.807, 2.05) is 26.2 Å². The third-order valence-electron chi connectivity index (χ3n) is 3.51. The van der Waals surface area contributed by atoms with E-state index in [0.29, 0.717) is 18.3 Å². The normalized spacial score (nSPS) is 14.9. The molecule has 0 aliphatic heterocycles. The fourth-order valence-corrected chi connectivity index (χ4v) is 2.91. The Labute approximate surface area is 147 Å². The molecule has 0 spiro atoms. The predicted molar refractivity (Wildman–Crippen MR) is 96.1 cm³/mol. The van der Waals surface area contributed by atoms with E-state index >= 15 is 0 Å². The van der Waals surface area contributed by atoms with Crippen molar-refractivity contribution < 1.29 is 9.34 Å². The van der Waals surface area contributed by atoms with Crippen molar-refractivity contribution in [1.82, 2.24) is 15.5 Å². The second-order valence-corrected chi connectivity index (χ2v) is 7.34. The molecule has 1 aliphatic rings. The van der Waals surface area contributed by atoms with Gasteiger partial charge in [0.15, 0.2) is 5.82 Å². The van der Waals surface area contributed by atoms with Crippen molar-refractivity contribution in [3.63, 3.8) is 0 Å². The molecule has 0 saturated heterocycles. The van der Waals surface area contributed by atoms with Crippen molar-refractivity contribution in [1.29, 1.82) is 0 Å². The van der Waals surface area contributed by atoms with Gasteiger partial charge in [-0.2, -0.15) is 11.8 Å². The first kappa shape index (κ1) is 18.7. The Morgan fingerprint density at radius 3 is 2.83 bits per heavy atom. The first-order chi connectivity index (χ1) is 11.5. The van der Waals surface area contributed by atoms with Crippen LogP contribution >= 0.6 is 11.8 Å². The highest BCUT2D eigenvalue weighted by Gasteiger charge is 2.21. The van der Waals surface area contributed by atoms with Crippen molar-refractivity contribution in [3.05, 3.63) is 45.8 Å². The van der Waals surface area contributed by atoms with Gasteiger partial charge < -0.3 is 20.0 Å². The monoisotopic (exact) mass is 354 g/mol. The fourth-order valence-electron chi connectivity index (χ4n) is 2.16.